The van der Waals surface area contributed by atoms with Gasteiger partial charge in [-0.3, -0.25) is 4.79 Å². The monoisotopic (exact) mass is 443 g/mol. The third-order valence-corrected chi connectivity index (χ3v) is 6.51. The molecule has 1 amide bonds. The Morgan fingerprint density at radius 1 is 0.933 bits per heavy atom. The molecule has 0 aliphatic heterocycles. The number of sulfonamides is 1. The molecule has 0 aromatic heterocycles. The number of benzene rings is 3. The highest BCUT2D eigenvalue weighted by molar-refractivity contribution is 7.93. The standard InChI is InChI=1S/C23H22ClNO4S/c1-16-5-4-6-20(13-16)29-15-23(26)25(22-14-17(2)7-8-18(22)3)30(27,28)21-11-9-19(24)10-12-21/h4-14H,15H2,1-3H3. The average molecular weight is 444 g/mol. The fourth-order valence-electron chi connectivity index (χ4n) is 2.96. The molecule has 3 aromatic rings. The topological polar surface area (TPSA) is 63.7 Å². The number of aryl methyl sites for hydroxylation is 3. The number of hydrogen-bond acceptors (Lipinski definition) is 4. The lowest BCUT2D eigenvalue weighted by Crippen LogP contribution is -2.40. The van der Waals surface area contributed by atoms with Crippen molar-refractivity contribution in [2.45, 2.75) is 25.7 Å². The van der Waals surface area contributed by atoms with Crippen LogP contribution in [0.2, 0.25) is 5.02 Å². The molecule has 0 unspecified atom stereocenters. The van der Waals surface area contributed by atoms with Gasteiger partial charge in [0.05, 0.1) is 10.6 Å². The van der Waals surface area contributed by atoms with E-state index in [-0.39, 0.29) is 4.90 Å². The quantitative estimate of drug-likeness (QED) is 0.533. The number of halogens is 1. The molecule has 0 aliphatic carbocycles. The van der Waals surface area contributed by atoms with Gasteiger partial charge in [-0.25, -0.2) is 8.42 Å². The largest absolute Gasteiger partial charge is 0.484 e. The lowest BCUT2D eigenvalue weighted by atomic mass is 10.1. The molecule has 0 fully saturated rings. The van der Waals surface area contributed by atoms with Crippen LogP contribution in [0.15, 0.2) is 71.6 Å². The number of ether oxygens (including phenoxy) is 1. The molecule has 0 saturated carbocycles. The van der Waals surface area contributed by atoms with Crippen molar-refractivity contribution >= 4 is 33.2 Å². The maximum atomic E-state index is 13.4. The molecule has 0 bridgehead atoms. The molecule has 0 aliphatic rings. The molecule has 30 heavy (non-hydrogen) atoms. The van der Waals surface area contributed by atoms with E-state index in [9.17, 15) is 13.2 Å². The summed E-state index contributed by atoms with van der Waals surface area (Å²) < 4.78 is 33.3. The molecule has 0 spiro atoms. The highest BCUT2D eigenvalue weighted by Gasteiger charge is 2.32. The van der Waals surface area contributed by atoms with Crippen molar-refractivity contribution in [1.82, 2.24) is 0 Å². The van der Waals surface area contributed by atoms with Gasteiger partial charge in [0.2, 0.25) is 0 Å². The fourth-order valence-corrected chi connectivity index (χ4v) is 4.55. The van der Waals surface area contributed by atoms with E-state index in [0.717, 1.165) is 15.4 Å². The minimum absolute atomic E-state index is 0.0308. The Balaban J connectivity index is 2.02. The van der Waals surface area contributed by atoms with Crippen LogP contribution in [-0.2, 0) is 14.8 Å². The molecule has 5 nitrogen and oxygen atoms in total. The van der Waals surface area contributed by atoms with E-state index in [1.54, 1.807) is 31.2 Å². The molecule has 0 N–H and O–H groups in total. The van der Waals surface area contributed by atoms with Gasteiger partial charge in [-0.2, -0.15) is 4.31 Å². The minimum atomic E-state index is -4.18. The van der Waals surface area contributed by atoms with Crippen LogP contribution in [0.3, 0.4) is 0 Å². The van der Waals surface area contributed by atoms with Crippen LogP contribution < -0.4 is 9.04 Å². The van der Waals surface area contributed by atoms with Gasteiger partial charge in [0.1, 0.15) is 5.75 Å². The highest BCUT2D eigenvalue weighted by Crippen LogP contribution is 2.29. The summed E-state index contributed by atoms with van der Waals surface area (Å²) in [6.07, 6.45) is 0. The molecule has 156 valence electrons. The normalized spacial score (nSPS) is 11.2. The Kier molecular flexibility index (Phi) is 6.48. The van der Waals surface area contributed by atoms with Crippen molar-refractivity contribution < 1.29 is 17.9 Å². The number of carbonyl (C=O) groups is 1. The number of rotatable bonds is 6. The lowest BCUT2D eigenvalue weighted by Gasteiger charge is -2.25. The van der Waals surface area contributed by atoms with Crippen molar-refractivity contribution in [3.63, 3.8) is 0 Å². The van der Waals surface area contributed by atoms with Crippen LogP contribution in [-0.4, -0.2) is 20.9 Å². The second-order valence-corrected chi connectivity index (χ2v) is 9.24. The zero-order chi connectivity index (χ0) is 21.9. The van der Waals surface area contributed by atoms with E-state index in [0.29, 0.717) is 22.0 Å². The summed E-state index contributed by atoms with van der Waals surface area (Å²) in [4.78, 5) is 13.1. The number of nitrogens with zero attached hydrogens (tertiary/aromatic N) is 1. The second-order valence-electron chi connectivity index (χ2n) is 7.01. The second kappa shape index (κ2) is 8.90. The molecule has 0 saturated heterocycles. The van der Waals surface area contributed by atoms with Crippen molar-refractivity contribution in [3.05, 3.63) is 88.4 Å². The molecule has 0 radical (unpaired) electrons. The highest BCUT2D eigenvalue weighted by atomic mass is 35.5. The van der Waals surface area contributed by atoms with E-state index in [4.69, 9.17) is 16.3 Å². The van der Waals surface area contributed by atoms with Gasteiger partial charge < -0.3 is 4.74 Å². The van der Waals surface area contributed by atoms with Gasteiger partial charge in [0.15, 0.2) is 6.61 Å². The summed E-state index contributed by atoms with van der Waals surface area (Å²) in [5, 5.41) is 0.404. The van der Waals surface area contributed by atoms with Crippen LogP contribution in [0.25, 0.3) is 0 Å². The Morgan fingerprint density at radius 2 is 1.60 bits per heavy atom. The lowest BCUT2D eigenvalue weighted by molar-refractivity contribution is -0.119. The summed E-state index contributed by atoms with van der Waals surface area (Å²) in [6, 6.07) is 18.2. The number of anilines is 1. The van der Waals surface area contributed by atoms with Crippen molar-refractivity contribution in [2.75, 3.05) is 10.9 Å². The smallest absolute Gasteiger partial charge is 0.278 e. The molecule has 0 atom stereocenters. The van der Waals surface area contributed by atoms with Crippen LogP contribution in [0.1, 0.15) is 16.7 Å². The first-order valence-corrected chi connectivity index (χ1v) is 11.1. The van der Waals surface area contributed by atoms with Crippen LogP contribution in [0.5, 0.6) is 5.75 Å². The number of carbonyl (C=O) groups excluding carboxylic acids is 1. The van der Waals surface area contributed by atoms with E-state index in [2.05, 4.69) is 0 Å². The van der Waals surface area contributed by atoms with E-state index >= 15 is 0 Å². The Bertz CT molecular complexity index is 1170. The Labute approximate surface area is 181 Å². The van der Waals surface area contributed by atoms with E-state index < -0.39 is 22.5 Å². The minimum Gasteiger partial charge on any atom is -0.484 e. The summed E-state index contributed by atoms with van der Waals surface area (Å²) in [6.45, 7) is 5.07. The van der Waals surface area contributed by atoms with E-state index in [1.165, 1.54) is 24.3 Å². The molecular weight excluding hydrogens is 422 g/mol. The fraction of sp³-hybridized carbons (Fsp3) is 0.174. The van der Waals surface area contributed by atoms with Gasteiger partial charge >= 0.3 is 0 Å². The molecule has 3 rings (SSSR count). The van der Waals surface area contributed by atoms with Crippen LogP contribution >= 0.6 is 11.6 Å². The first kappa shape index (κ1) is 21.9. The number of amides is 1. The Hall–Kier alpha value is -2.83. The van der Waals surface area contributed by atoms with Crippen molar-refractivity contribution in [2.24, 2.45) is 0 Å². The maximum absolute atomic E-state index is 13.4. The summed E-state index contributed by atoms with van der Waals surface area (Å²) in [5.74, 6) is -0.201. The van der Waals surface area contributed by atoms with Gasteiger partial charge in [0.25, 0.3) is 15.9 Å². The van der Waals surface area contributed by atoms with Gasteiger partial charge in [-0.1, -0.05) is 35.9 Å². The molecule has 3 aromatic carbocycles. The molecular formula is C23H22ClNO4S. The predicted octanol–water partition coefficient (Wildman–Crippen LogP) is 5.07. The van der Waals surface area contributed by atoms with Crippen LogP contribution in [0, 0.1) is 20.8 Å². The summed E-state index contributed by atoms with van der Waals surface area (Å²) in [5.41, 5.74) is 2.75. The first-order valence-electron chi connectivity index (χ1n) is 9.29. The van der Waals surface area contributed by atoms with Crippen molar-refractivity contribution in [1.29, 1.82) is 0 Å². The maximum Gasteiger partial charge on any atom is 0.278 e. The first-order chi connectivity index (χ1) is 14.2. The van der Waals surface area contributed by atoms with Crippen molar-refractivity contribution in [3.8, 4) is 5.75 Å². The summed E-state index contributed by atoms with van der Waals surface area (Å²) >= 11 is 5.90. The zero-order valence-electron chi connectivity index (χ0n) is 16.9. The van der Waals surface area contributed by atoms with Gasteiger partial charge in [-0.05, 0) is 79.9 Å². The number of hydrogen-bond donors (Lipinski definition) is 0. The zero-order valence-corrected chi connectivity index (χ0v) is 18.5. The Morgan fingerprint density at radius 3 is 2.27 bits per heavy atom. The third kappa shape index (κ3) is 4.83. The van der Waals surface area contributed by atoms with Gasteiger partial charge in [0, 0.05) is 5.02 Å². The van der Waals surface area contributed by atoms with Gasteiger partial charge in [-0.15, -0.1) is 0 Å². The molecule has 7 heteroatoms. The summed E-state index contributed by atoms with van der Waals surface area (Å²) in [7, 11) is -4.18. The van der Waals surface area contributed by atoms with Crippen LogP contribution in [0.4, 0.5) is 5.69 Å². The average Bonchev–Trinajstić information content (AvgIpc) is 2.69. The molecule has 0 heterocycles. The third-order valence-electron chi connectivity index (χ3n) is 4.51. The van der Waals surface area contributed by atoms with E-state index in [1.807, 2.05) is 32.0 Å². The predicted molar refractivity (Wildman–Crippen MR) is 119 cm³/mol. The SMILES string of the molecule is Cc1cccc(OCC(=O)N(c2cc(C)ccc2C)S(=O)(=O)c2ccc(Cl)cc2)c1.